The van der Waals surface area contributed by atoms with Gasteiger partial charge in [-0.1, -0.05) is 113 Å². The fourth-order valence-electron chi connectivity index (χ4n) is 7.41. The van der Waals surface area contributed by atoms with Crippen LogP contribution in [0.2, 0.25) is 0 Å². The van der Waals surface area contributed by atoms with Crippen molar-refractivity contribution < 1.29 is 28.9 Å². The van der Waals surface area contributed by atoms with Crippen LogP contribution < -0.4 is 5.32 Å². The molecule has 4 aromatic rings. The van der Waals surface area contributed by atoms with Crippen LogP contribution in [-0.2, 0) is 31.2 Å². The number of aldehydes is 1. The van der Waals surface area contributed by atoms with Crippen molar-refractivity contribution in [1.29, 1.82) is 0 Å². The number of benzene rings is 2. The Morgan fingerprint density at radius 2 is 1.08 bits per heavy atom. The van der Waals surface area contributed by atoms with Crippen molar-refractivity contribution in [2.24, 2.45) is 0 Å². The minimum absolute atomic E-state index is 0. The lowest BCUT2D eigenvalue weighted by Crippen LogP contribution is -2.39. The van der Waals surface area contributed by atoms with E-state index < -0.39 is 18.1 Å². The van der Waals surface area contributed by atoms with Crippen LogP contribution in [-0.4, -0.2) is 65.2 Å². The molecule has 0 spiro atoms. The maximum Gasteiger partial charge on any atom is 0.446 e. The first-order valence-corrected chi connectivity index (χ1v) is 23.0. The van der Waals surface area contributed by atoms with Crippen molar-refractivity contribution in [1.82, 2.24) is 20.2 Å². The first-order valence-electron chi connectivity index (χ1n) is 23.0. The van der Waals surface area contributed by atoms with Gasteiger partial charge in [-0.3, -0.25) is 9.78 Å². The Kier molecular flexibility index (Phi) is 16.9. The smallest absolute Gasteiger partial charge is 0.444 e. The SMILES string of the molecule is CC(C)(C)OC(=O)N1CC=C(c2cccc(-c3cc(C(C)(C)C)cc(C(C)(C)C)c3)n2)CC1.CC(C)(C)c1cc(-c2cccc(C3CCNCC3)n2)cc(C(C)(C)C)c1.O=CC(F)(F)F.[HH]. The standard InChI is InChI=1S/C29H40N2O2.C24H34N2.C2HF3O.H2/c1-27(2,3)22-17-21(18-23(19-22)28(4,5)6)25-12-10-11-24(30-25)20-13-15-31(16-14-20)26(32)33-29(7,8)9;1-23(2,3)19-14-18(15-20(16-19)24(4,5)6)22-9-7-8-21(26-22)17-10-12-25-13-11-17;3-2(4,5)1-6;/h10-13,17-19H,14-16H2,1-9H3;7-9,14-17,25H,10-13H2,1-6H3;1H;1H. The molecule has 0 saturated carbocycles. The topological polar surface area (TPSA) is 84.4 Å². The third-order valence-corrected chi connectivity index (χ3v) is 11.5. The Bertz CT molecular complexity index is 2220. The molecule has 2 aliphatic rings. The summed E-state index contributed by atoms with van der Waals surface area (Å²) in [6, 6.07) is 26.7. The molecule has 10 heteroatoms. The summed E-state index contributed by atoms with van der Waals surface area (Å²) in [5, 5.41) is 3.45. The molecule has 0 bridgehead atoms. The number of aromatic nitrogens is 2. The molecule has 7 nitrogen and oxygen atoms in total. The molecule has 1 fully saturated rings. The number of hydrogen-bond acceptors (Lipinski definition) is 6. The van der Waals surface area contributed by atoms with E-state index in [1.54, 1.807) is 4.90 Å². The number of nitrogens with one attached hydrogen (secondary N) is 1. The number of carbonyl (C=O) groups excluding carboxylic acids is 2. The lowest BCUT2D eigenvalue weighted by molar-refractivity contribution is -0.156. The number of alkyl halides is 3. The number of halogens is 3. The molecule has 6 rings (SSSR count). The molecule has 0 unspecified atom stereocenters. The molecule has 2 aliphatic heterocycles. The van der Waals surface area contributed by atoms with Crippen molar-refractivity contribution in [3.8, 4) is 22.5 Å². The molecule has 1 saturated heterocycles. The van der Waals surface area contributed by atoms with Gasteiger partial charge in [0.15, 0.2) is 0 Å². The zero-order chi connectivity index (χ0) is 48.8. The Morgan fingerprint density at radius 1 is 0.662 bits per heavy atom. The van der Waals surface area contributed by atoms with E-state index in [1.165, 1.54) is 51.9 Å². The van der Waals surface area contributed by atoms with Gasteiger partial charge in [-0.05, 0) is 151 Å². The highest BCUT2D eigenvalue weighted by atomic mass is 19.4. The maximum absolute atomic E-state index is 12.4. The van der Waals surface area contributed by atoms with Gasteiger partial charge >= 0.3 is 12.3 Å². The number of carbonyl (C=O) groups is 2. The van der Waals surface area contributed by atoms with E-state index in [9.17, 15) is 18.0 Å². The predicted molar refractivity (Wildman–Crippen MR) is 264 cm³/mol. The van der Waals surface area contributed by atoms with E-state index in [1.807, 2.05) is 20.8 Å². The van der Waals surface area contributed by atoms with Crippen LogP contribution >= 0.6 is 0 Å². The predicted octanol–water partition coefficient (Wildman–Crippen LogP) is 14.2. The number of amides is 1. The average Bonchev–Trinajstić information content (AvgIpc) is 3.22. The van der Waals surface area contributed by atoms with Gasteiger partial charge in [0.25, 0.3) is 0 Å². The molecule has 0 aliphatic carbocycles. The van der Waals surface area contributed by atoms with Crippen LogP contribution in [0, 0.1) is 0 Å². The number of ether oxygens (including phenoxy) is 1. The number of nitrogens with zero attached hydrogens (tertiary/aromatic N) is 3. The highest BCUT2D eigenvalue weighted by Gasteiger charge is 2.27. The largest absolute Gasteiger partial charge is 0.446 e. The minimum atomic E-state index is -4.64. The fraction of sp³-hybridized carbons (Fsp3) is 0.527. The average molecular weight is 899 g/mol. The summed E-state index contributed by atoms with van der Waals surface area (Å²) >= 11 is 0. The highest BCUT2D eigenvalue weighted by Crippen LogP contribution is 2.36. The Morgan fingerprint density at radius 3 is 1.46 bits per heavy atom. The summed E-state index contributed by atoms with van der Waals surface area (Å²) in [7, 11) is 0. The molecule has 1 N–H and O–H groups in total. The van der Waals surface area contributed by atoms with Gasteiger partial charge in [-0.25, -0.2) is 9.78 Å². The second-order valence-electron chi connectivity index (χ2n) is 22.5. The van der Waals surface area contributed by atoms with E-state index in [0.29, 0.717) is 19.0 Å². The number of pyridine rings is 2. The number of hydrogen-bond donors (Lipinski definition) is 1. The van der Waals surface area contributed by atoms with Gasteiger partial charge in [0, 0.05) is 37.3 Å². The van der Waals surface area contributed by atoms with Gasteiger partial charge in [0.2, 0.25) is 6.29 Å². The van der Waals surface area contributed by atoms with Gasteiger partial charge in [-0.2, -0.15) is 13.2 Å². The van der Waals surface area contributed by atoms with Crippen molar-refractivity contribution >= 4 is 18.0 Å². The molecular weight excluding hydrogens is 822 g/mol. The molecule has 356 valence electrons. The number of piperidine rings is 1. The van der Waals surface area contributed by atoms with Gasteiger partial charge in [-0.15, -0.1) is 0 Å². The Balaban J connectivity index is 0.000000313. The second-order valence-corrected chi connectivity index (χ2v) is 22.5. The summed E-state index contributed by atoms with van der Waals surface area (Å²) in [5.74, 6) is 0.587. The summed E-state index contributed by atoms with van der Waals surface area (Å²) in [6.45, 7) is 36.3. The summed E-state index contributed by atoms with van der Waals surface area (Å²) in [4.78, 5) is 33.0. The zero-order valence-corrected chi connectivity index (χ0v) is 41.8. The second kappa shape index (κ2) is 20.8. The normalized spacial score (nSPS) is 15.5. The minimum Gasteiger partial charge on any atom is -0.444 e. The molecule has 2 aromatic carbocycles. The summed E-state index contributed by atoms with van der Waals surface area (Å²) in [6.07, 6.45) is -0.714. The van der Waals surface area contributed by atoms with E-state index >= 15 is 0 Å². The van der Waals surface area contributed by atoms with Gasteiger partial charge < -0.3 is 15.0 Å². The Hall–Kier alpha value is -4.83. The quantitative estimate of drug-likeness (QED) is 0.205. The molecule has 1 amide bonds. The van der Waals surface area contributed by atoms with Gasteiger partial charge in [0.1, 0.15) is 5.60 Å². The van der Waals surface area contributed by atoms with Crippen molar-refractivity contribution in [2.75, 3.05) is 26.2 Å². The lowest BCUT2D eigenvalue weighted by Gasteiger charge is -2.29. The van der Waals surface area contributed by atoms with E-state index in [0.717, 1.165) is 42.2 Å². The van der Waals surface area contributed by atoms with Crippen LogP contribution in [0.5, 0.6) is 0 Å². The third kappa shape index (κ3) is 16.2. The third-order valence-electron chi connectivity index (χ3n) is 11.5. The Labute approximate surface area is 389 Å². The maximum atomic E-state index is 12.4. The molecule has 0 atom stereocenters. The monoisotopic (exact) mass is 899 g/mol. The van der Waals surface area contributed by atoms with Gasteiger partial charge in [0.05, 0.1) is 17.1 Å². The number of rotatable bonds is 4. The van der Waals surface area contributed by atoms with E-state index in [-0.39, 0.29) is 29.2 Å². The van der Waals surface area contributed by atoms with Crippen LogP contribution in [0.1, 0.15) is 164 Å². The molecule has 0 radical (unpaired) electrons. The molecule has 65 heavy (non-hydrogen) atoms. The molecule has 2 aromatic heterocycles. The zero-order valence-electron chi connectivity index (χ0n) is 41.8. The van der Waals surface area contributed by atoms with Crippen LogP contribution in [0.3, 0.4) is 0 Å². The lowest BCUT2D eigenvalue weighted by atomic mass is 9.79. The van der Waals surface area contributed by atoms with Crippen LogP contribution in [0.25, 0.3) is 28.1 Å². The van der Waals surface area contributed by atoms with Crippen LogP contribution in [0.15, 0.2) is 78.9 Å². The first-order chi connectivity index (χ1) is 29.8. The first kappa shape index (κ1) is 52.8. The van der Waals surface area contributed by atoms with Crippen molar-refractivity contribution in [2.45, 2.75) is 162 Å². The van der Waals surface area contributed by atoms with Crippen molar-refractivity contribution in [3.05, 3.63) is 113 Å². The summed E-state index contributed by atoms with van der Waals surface area (Å²) in [5.41, 5.74) is 13.2. The van der Waals surface area contributed by atoms with E-state index in [2.05, 4.69) is 167 Å². The highest BCUT2D eigenvalue weighted by molar-refractivity contribution is 5.73. The fourth-order valence-corrected chi connectivity index (χ4v) is 7.41. The molecular formula is C55H77F3N4O3. The van der Waals surface area contributed by atoms with Crippen LogP contribution in [0.4, 0.5) is 18.0 Å². The van der Waals surface area contributed by atoms with Crippen molar-refractivity contribution in [3.63, 3.8) is 0 Å². The van der Waals surface area contributed by atoms with E-state index in [4.69, 9.17) is 19.5 Å². The summed E-state index contributed by atoms with van der Waals surface area (Å²) < 4.78 is 36.8. The molecule has 4 heterocycles.